The van der Waals surface area contributed by atoms with Crippen LogP contribution in [0.1, 0.15) is 52.6 Å². The highest BCUT2D eigenvalue weighted by atomic mass is 16.5. The van der Waals surface area contributed by atoms with E-state index in [0.29, 0.717) is 5.56 Å². The summed E-state index contributed by atoms with van der Waals surface area (Å²) < 4.78 is 4.82. The Labute approximate surface area is 202 Å². The topological polar surface area (TPSA) is 143 Å². The Morgan fingerprint density at radius 2 is 1.57 bits per heavy atom. The number of carboxylic acids is 1. The minimum atomic E-state index is -1.39. The van der Waals surface area contributed by atoms with Gasteiger partial charge in [-0.15, -0.1) is 0 Å². The van der Waals surface area contributed by atoms with Crippen LogP contribution in [0.3, 0.4) is 0 Å². The smallest absolute Gasteiger partial charge is 0.333 e. The van der Waals surface area contributed by atoms with Gasteiger partial charge in [-0.25, -0.2) is 4.79 Å². The Hall–Kier alpha value is -4.08. The number of carbonyl (C=O) groups is 5. The van der Waals surface area contributed by atoms with Gasteiger partial charge in [0.1, 0.15) is 0 Å². The molecule has 0 radical (unpaired) electrons. The van der Waals surface area contributed by atoms with Crippen molar-refractivity contribution in [2.24, 2.45) is 17.8 Å². The van der Waals surface area contributed by atoms with Crippen molar-refractivity contribution in [3.05, 3.63) is 65.5 Å². The van der Waals surface area contributed by atoms with Gasteiger partial charge in [-0.2, -0.15) is 0 Å². The van der Waals surface area contributed by atoms with E-state index in [9.17, 15) is 29.1 Å². The van der Waals surface area contributed by atoms with E-state index >= 15 is 0 Å². The minimum absolute atomic E-state index is 0.0905. The molecule has 0 fully saturated rings. The summed E-state index contributed by atoms with van der Waals surface area (Å²) in [5.41, 5.74) is 0.792. The Bertz CT molecular complexity index is 1100. The van der Waals surface area contributed by atoms with E-state index in [1.807, 2.05) is 13.8 Å². The summed E-state index contributed by atoms with van der Waals surface area (Å²) >= 11 is 0. The molecular weight excluding hydrogens is 454 g/mol. The van der Waals surface area contributed by atoms with Crippen molar-refractivity contribution < 1.29 is 33.8 Å². The van der Waals surface area contributed by atoms with Crippen molar-refractivity contribution in [2.45, 2.75) is 26.3 Å². The van der Waals surface area contributed by atoms with Gasteiger partial charge >= 0.3 is 11.9 Å². The summed E-state index contributed by atoms with van der Waals surface area (Å²) in [7, 11) is 1.18. The van der Waals surface area contributed by atoms with Crippen molar-refractivity contribution in [3.8, 4) is 0 Å². The van der Waals surface area contributed by atoms with Crippen LogP contribution in [0.25, 0.3) is 0 Å². The molecule has 0 saturated heterocycles. The van der Waals surface area contributed by atoms with Crippen LogP contribution < -0.4 is 5.32 Å². The van der Waals surface area contributed by atoms with E-state index < -0.39 is 54.1 Å². The Morgan fingerprint density at radius 3 is 2.06 bits per heavy atom. The predicted molar refractivity (Wildman–Crippen MR) is 123 cm³/mol. The molecule has 0 spiro atoms. The zero-order chi connectivity index (χ0) is 25.7. The van der Waals surface area contributed by atoms with E-state index in [4.69, 9.17) is 4.74 Å². The zero-order valence-corrected chi connectivity index (χ0v) is 19.6. The molecule has 0 unspecified atom stereocenters. The second-order valence-electron chi connectivity index (χ2n) is 8.69. The Morgan fingerprint density at radius 1 is 1.00 bits per heavy atom. The fourth-order valence-corrected chi connectivity index (χ4v) is 4.14. The van der Waals surface area contributed by atoms with Crippen LogP contribution in [0.5, 0.6) is 0 Å². The maximum absolute atomic E-state index is 13.4. The normalized spacial score (nSPS) is 15.4. The summed E-state index contributed by atoms with van der Waals surface area (Å²) in [5.74, 6) is -6.60. The van der Waals surface area contributed by atoms with Gasteiger partial charge in [0.15, 0.2) is 6.04 Å². The number of carbonyl (C=O) groups excluding carboxylic acids is 4. The summed E-state index contributed by atoms with van der Waals surface area (Å²) in [6.45, 7) is 3.16. The number of hydrogen-bond acceptors (Lipinski definition) is 7. The van der Waals surface area contributed by atoms with Crippen LogP contribution in [0.4, 0.5) is 0 Å². The highest BCUT2D eigenvalue weighted by molar-refractivity contribution is 6.21. The second kappa shape index (κ2) is 10.9. The molecule has 1 aliphatic heterocycles. The largest absolute Gasteiger partial charge is 0.481 e. The number of nitrogens with one attached hydrogen (secondary N) is 1. The third-order valence-corrected chi connectivity index (χ3v) is 5.89. The lowest BCUT2D eigenvalue weighted by Gasteiger charge is -2.29. The first-order valence-electron chi connectivity index (χ1n) is 11.1. The molecule has 35 heavy (non-hydrogen) atoms. The van der Waals surface area contributed by atoms with Crippen LogP contribution >= 0.6 is 0 Å². The number of esters is 1. The summed E-state index contributed by atoms with van der Waals surface area (Å²) in [4.78, 5) is 68.5. The lowest BCUT2D eigenvalue weighted by molar-refractivity contribution is -0.149. The predicted octanol–water partition coefficient (Wildman–Crippen LogP) is 2.07. The van der Waals surface area contributed by atoms with Gasteiger partial charge in [-0.1, -0.05) is 26.0 Å². The van der Waals surface area contributed by atoms with Crippen molar-refractivity contribution >= 4 is 29.7 Å². The molecule has 3 atom stereocenters. The number of hydrogen-bond donors (Lipinski definition) is 2. The first-order chi connectivity index (χ1) is 16.6. The lowest BCUT2D eigenvalue weighted by Crippen LogP contribution is -2.47. The number of amides is 3. The number of aromatic nitrogens is 1. The third kappa shape index (κ3) is 5.53. The molecule has 2 N–H and O–H groups in total. The molecular formula is C25H27N3O7. The van der Waals surface area contributed by atoms with Gasteiger partial charge in [0.05, 0.1) is 30.1 Å². The van der Waals surface area contributed by atoms with Gasteiger partial charge in [0.25, 0.3) is 11.8 Å². The quantitative estimate of drug-likeness (QED) is 0.388. The van der Waals surface area contributed by atoms with E-state index in [1.54, 1.807) is 12.1 Å². The number of fused-ring (bicyclic) bond motifs is 1. The number of methoxy groups -OCH3 is 1. The number of carboxylic acid groups (broad SMARTS) is 1. The molecule has 1 aliphatic rings. The monoisotopic (exact) mass is 481 g/mol. The third-order valence-electron chi connectivity index (χ3n) is 5.89. The maximum Gasteiger partial charge on any atom is 0.333 e. The summed E-state index contributed by atoms with van der Waals surface area (Å²) in [6, 6.07) is 8.11. The van der Waals surface area contributed by atoms with Gasteiger partial charge < -0.3 is 15.2 Å². The van der Waals surface area contributed by atoms with Crippen LogP contribution in [0, 0.1) is 17.8 Å². The average Bonchev–Trinajstić information content (AvgIpc) is 3.08. The SMILES string of the molecule is COC(=O)[C@@H](NC(=O)[C@@H](CC(C)C)[C@H](CN1C(=O)c2ccccc2C1=O)C(=O)O)c1ccncc1. The molecule has 184 valence electrons. The number of rotatable bonds is 10. The number of imide groups is 1. The average molecular weight is 482 g/mol. The van der Waals surface area contributed by atoms with E-state index in [0.717, 1.165) is 4.90 Å². The van der Waals surface area contributed by atoms with Crippen LogP contribution in [0.15, 0.2) is 48.8 Å². The molecule has 2 aromatic rings. The minimum Gasteiger partial charge on any atom is -0.481 e. The fraction of sp³-hybridized carbons (Fsp3) is 0.360. The maximum atomic E-state index is 13.4. The van der Waals surface area contributed by atoms with E-state index in [2.05, 4.69) is 10.3 Å². The molecule has 1 aromatic heterocycles. The fourth-order valence-electron chi connectivity index (χ4n) is 4.14. The number of pyridine rings is 1. The van der Waals surface area contributed by atoms with Gasteiger partial charge in [-0.3, -0.25) is 29.1 Å². The summed E-state index contributed by atoms with van der Waals surface area (Å²) in [6.07, 6.45) is 3.05. The summed E-state index contributed by atoms with van der Waals surface area (Å²) in [5, 5.41) is 12.6. The molecule has 10 heteroatoms. The molecule has 2 heterocycles. The molecule has 0 aliphatic carbocycles. The highest BCUT2D eigenvalue weighted by Crippen LogP contribution is 2.29. The second-order valence-corrected chi connectivity index (χ2v) is 8.69. The lowest BCUT2D eigenvalue weighted by atomic mass is 9.83. The molecule has 3 rings (SSSR count). The van der Waals surface area contributed by atoms with Crippen molar-refractivity contribution in [3.63, 3.8) is 0 Å². The number of benzene rings is 1. The van der Waals surface area contributed by atoms with Gasteiger partial charge in [-0.05, 0) is 42.2 Å². The first-order valence-corrected chi connectivity index (χ1v) is 11.1. The van der Waals surface area contributed by atoms with Gasteiger partial charge in [0.2, 0.25) is 5.91 Å². The van der Waals surface area contributed by atoms with Crippen LogP contribution in [0.2, 0.25) is 0 Å². The highest BCUT2D eigenvalue weighted by Gasteiger charge is 2.43. The molecule has 3 amide bonds. The number of nitrogens with zero attached hydrogens (tertiary/aromatic N) is 2. The number of aliphatic carboxylic acids is 1. The Kier molecular flexibility index (Phi) is 7.95. The molecule has 0 bridgehead atoms. The zero-order valence-electron chi connectivity index (χ0n) is 19.6. The van der Waals surface area contributed by atoms with E-state index in [-0.39, 0.29) is 23.5 Å². The van der Waals surface area contributed by atoms with Crippen molar-refractivity contribution in [1.82, 2.24) is 15.2 Å². The molecule has 0 saturated carbocycles. The van der Waals surface area contributed by atoms with Crippen molar-refractivity contribution in [2.75, 3.05) is 13.7 Å². The van der Waals surface area contributed by atoms with Gasteiger partial charge in [0, 0.05) is 18.9 Å². The molecule has 10 nitrogen and oxygen atoms in total. The van der Waals surface area contributed by atoms with E-state index in [1.165, 1.54) is 43.8 Å². The standard InChI is InChI=1S/C25H27N3O7/c1-14(2)12-18(21(29)27-20(25(34)35-3)15-8-10-26-11-9-15)19(24(32)33)13-28-22(30)16-6-4-5-7-17(16)23(28)31/h4-11,14,18-20H,12-13H2,1-3H3,(H,27,29)(H,32,33)/t18-,19-,20-/m0/s1. The van der Waals surface area contributed by atoms with Crippen LogP contribution in [-0.2, 0) is 19.1 Å². The first kappa shape index (κ1) is 25.5. The number of ether oxygens (including phenoxy) is 1. The van der Waals surface area contributed by atoms with Crippen molar-refractivity contribution in [1.29, 1.82) is 0 Å². The van der Waals surface area contributed by atoms with Crippen LogP contribution in [-0.4, -0.2) is 58.3 Å². The Balaban J connectivity index is 1.90. The molecule has 1 aromatic carbocycles.